The van der Waals surface area contributed by atoms with Crippen LogP contribution in [0, 0.1) is 0 Å². The maximum atomic E-state index is 12.3. The molecule has 0 aliphatic rings. The summed E-state index contributed by atoms with van der Waals surface area (Å²) in [7, 11) is 1.55. The van der Waals surface area contributed by atoms with Crippen LogP contribution in [0.2, 0.25) is 0 Å². The highest BCUT2D eigenvalue weighted by atomic mass is 79.9. The summed E-state index contributed by atoms with van der Waals surface area (Å²) < 4.78 is 6.07. The van der Waals surface area contributed by atoms with Gasteiger partial charge in [0.25, 0.3) is 0 Å². The molecule has 20 heavy (non-hydrogen) atoms. The Hall–Kier alpha value is -1.27. The molecule has 0 aromatic heterocycles. The Bertz CT molecular complexity index is 464. The van der Waals surface area contributed by atoms with Crippen LogP contribution < -0.4 is 10.1 Å². The first-order chi connectivity index (χ1) is 9.35. The first kappa shape index (κ1) is 16.8. The third-order valence-electron chi connectivity index (χ3n) is 2.75. The number of aliphatic hydroxyl groups is 1. The van der Waals surface area contributed by atoms with Crippen LogP contribution in [-0.4, -0.2) is 41.8 Å². The Kier molecular flexibility index (Phi) is 6.29. The van der Waals surface area contributed by atoms with Crippen LogP contribution in [0.1, 0.15) is 20.8 Å². The average Bonchev–Trinajstić information content (AvgIpc) is 2.35. The fourth-order valence-electron chi connectivity index (χ4n) is 1.78. The maximum Gasteiger partial charge on any atom is 0.322 e. The molecule has 0 aliphatic carbocycles. The summed E-state index contributed by atoms with van der Waals surface area (Å²) >= 11 is 3.36. The van der Waals surface area contributed by atoms with Crippen LogP contribution in [0.3, 0.4) is 0 Å². The summed E-state index contributed by atoms with van der Waals surface area (Å²) in [6, 6.07) is 5.11. The normalized spacial score (nSPS) is 12.2. The smallest absolute Gasteiger partial charge is 0.322 e. The number of hydrogen-bond acceptors (Lipinski definition) is 3. The number of hydrogen-bond donors (Lipinski definition) is 2. The van der Waals surface area contributed by atoms with Crippen molar-refractivity contribution in [2.45, 2.75) is 32.9 Å². The second-order valence-corrected chi connectivity index (χ2v) is 5.79. The summed E-state index contributed by atoms with van der Waals surface area (Å²) in [5, 5.41) is 12.3. The van der Waals surface area contributed by atoms with Crippen LogP contribution in [0.4, 0.5) is 10.5 Å². The topological polar surface area (TPSA) is 61.8 Å². The Labute approximate surface area is 128 Å². The monoisotopic (exact) mass is 344 g/mol. The van der Waals surface area contributed by atoms with Gasteiger partial charge in [0.05, 0.1) is 18.9 Å². The molecule has 0 bridgehead atoms. The molecule has 0 heterocycles. The number of nitrogens with one attached hydrogen (secondary N) is 1. The van der Waals surface area contributed by atoms with Gasteiger partial charge in [-0.25, -0.2) is 4.79 Å². The number of rotatable bonds is 5. The maximum absolute atomic E-state index is 12.3. The Morgan fingerprint density at radius 2 is 2.10 bits per heavy atom. The lowest BCUT2D eigenvalue weighted by molar-refractivity contribution is 0.125. The van der Waals surface area contributed by atoms with E-state index in [1.54, 1.807) is 31.1 Å². The van der Waals surface area contributed by atoms with E-state index >= 15 is 0 Å². The number of amides is 2. The number of aliphatic hydroxyl groups excluding tert-OH is 1. The fraction of sp³-hybridized carbons (Fsp3) is 0.500. The van der Waals surface area contributed by atoms with Crippen molar-refractivity contribution in [3.63, 3.8) is 0 Å². The minimum atomic E-state index is -0.576. The van der Waals surface area contributed by atoms with Crippen LogP contribution >= 0.6 is 15.9 Å². The summed E-state index contributed by atoms with van der Waals surface area (Å²) in [5.74, 6) is 0.585. The van der Waals surface area contributed by atoms with E-state index in [-0.39, 0.29) is 18.6 Å². The molecule has 1 unspecified atom stereocenters. The Morgan fingerprint density at radius 3 is 2.60 bits per heavy atom. The summed E-state index contributed by atoms with van der Waals surface area (Å²) in [6.07, 6.45) is -0.576. The lowest BCUT2D eigenvalue weighted by Gasteiger charge is -2.28. The predicted molar refractivity (Wildman–Crippen MR) is 83.2 cm³/mol. The van der Waals surface area contributed by atoms with E-state index in [4.69, 9.17) is 4.74 Å². The SMILES string of the molecule is COc1ccc(Br)cc1NC(=O)N(CC(C)O)C(C)C. The summed E-state index contributed by atoms with van der Waals surface area (Å²) in [4.78, 5) is 13.9. The zero-order valence-electron chi connectivity index (χ0n) is 12.2. The van der Waals surface area contributed by atoms with Crippen molar-refractivity contribution < 1.29 is 14.6 Å². The summed E-state index contributed by atoms with van der Waals surface area (Å²) in [6.45, 7) is 5.74. The summed E-state index contributed by atoms with van der Waals surface area (Å²) in [5.41, 5.74) is 0.586. The van der Waals surface area contributed by atoms with Gasteiger partial charge in [-0.2, -0.15) is 0 Å². The molecule has 1 aromatic rings. The van der Waals surface area contributed by atoms with E-state index in [9.17, 15) is 9.90 Å². The molecular weight excluding hydrogens is 324 g/mol. The molecule has 0 spiro atoms. The molecule has 1 aromatic carbocycles. The third kappa shape index (κ3) is 4.68. The highest BCUT2D eigenvalue weighted by molar-refractivity contribution is 9.10. The number of carbonyl (C=O) groups excluding carboxylic acids is 1. The molecular formula is C14H21BrN2O3. The van der Waals surface area contributed by atoms with Gasteiger partial charge in [-0.1, -0.05) is 15.9 Å². The van der Waals surface area contributed by atoms with Gasteiger partial charge < -0.3 is 20.1 Å². The molecule has 0 saturated carbocycles. The van der Waals surface area contributed by atoms with Crippen LogP contribution in [0.15, 0.2) is 22.7 Å². The third-order valence-corrected chi connectivity index (χ3v) is 3.24. The van der Waals surface area contributed by atoms with Crippen LogP contribution in [0.5, 0.6) is 5.75 Å². The van der Waals surface area contributed by atoms with E-state index in [1.807, 2.05) is 19.9 Å². The predicted octanol–water partition coefficient (Wildman–Crippen LogP) is 3.08. The second-order valence-electron chi connectivity index (χ2n) is 4.87. The van der Waals surface area contributed by atoms with Gasteiger partial charge >= 0.3 is 6.03 Å². The van der Waals surface area contributed by atoms with Gasteiger partial charge in [-0.15, -0.1) is 0 Å². The number of anilines is 1. The molecule has 2 N–H and O–H groups in total. The van der Waals surface area contributed by atoms with Crippen molar-refractivity contribution in [2.24, 2.45) is 0 Å². The molecule has 0 saturated heterocycles. The molecule has 1 atom stereocenters. The highest BCUT2D eigenvalue weighted by Crippen LogP contribution is 2.28. The van der Waals surface area contributed by atoms with Crippen LogP contribution in [-0.2, 0) is 0 Å². The number of methoxy groups -OCH3 is 1. The lowest BCUT2D eigenvalue weighted by Crippen LogP contribution is -2.43. The van der Waals surface area contributed by atoms with E-state index in [0.29, 0.717) is 11.4 Å². The minimum absolute atomic E-state index is 0.0113. The number of urea groups is 1. The Morgan fingerprint density at radius 1 is 1.45 bits per heavy atom. The van der Waals surface area contributed by atoms with Gasteiger partial charge in [-0.05, 0) is 39.0 Å². The average molecular weight is 345 g/mol. The molecule has 0 fully saturated rings. The van der Waals surface area contributed by atoms with Crippen molar-refractivity contribution in [1.29, 1.82) is 0 Å². The van der Waals surface area contributed by atoms with E-state index in [1.165, 1.54) is 0 Å². The highest BCUT2D eigenvalue weighted by Gasteiger charge is 2.20. The molecule has 1 rings (SSSR count). The first-order valence-electron chi connectivity index (χ1n) is 6.44. The molecule has 5 nitrogen and oxygen atoms in total. The van der Waals surface area contributed by atoms with E-state index in [0.717, 1.165) is 4.47 Å². The van der Waals surface area contributed by atoms with Gasteiger partial charge in [0.2, 0.25) is 0 Å². The Balaban J connectivity index is 2.90. The molecule has 2 amide bonds. The standard InChI is InChI=1S/C14H21BrN2O3/c1-9(2)17(8-10(3)18)14(19)16-12-7-11(15)5-6-13(12)20-4/h5-7,9-10,18H,8H2,1-4H3,(H,16,19). The minimum Gasteiger partial charge on any atom is -0.495 e. The van der Waals surface area contributed by atoms with E-state index < -0.39 is 6.10 Å². The lowest BCUT2D eigenvalue weighted by atomic mass is 10.2. The number of halogens is 1. The van der Waals surface area contributed by atoms with Crippen molar-refractivity contribution >= 4 is 27.6 Å². The fourth-order valence-corrected chi connectivity index (χ4v) is 2.14. The molecule has 0 aliphatic heterocycles. The van der Waals surface area contributed by atoms with Crippen molar-refractivity contribution in [2.75, 3.05) is 19.0 Å². The second kappa shape index (κ2) is 7.50. The number of nitrogens with zero attached hydrogens (tertiary/aromatic N) is 1. The molecule has 112 valence electrons. The molecule has 6 heteroatoms. The zero-order valence-corrected chi connectivity index (χ0v) is 13.8. The van der Waals surface area contributed by atoms with Crippen molar-refractivity contribution in [3.05, 3.63) is 22.7 Å². The molecule has 0 radical (unpaired) electrons. The van der Waals surface area contributed by atoms with Gasteiger partial charge in [0, 0.05) is 17.1 Å². The first-order valence-corrected chi connectivity index (χ1v) is 7.23. The number of benzene rings is 1. The van der Waals surface area contributed by atoms with Gasteiger partial charge in [-0.3, -0.25) is 0 Å². The van der Waals surface area contributed by atoms with E-state index in [2.05, 4.69) is 21.2 Å². The zero-order chi connectivity index (χ0) is 15.3. The largest absolute Gasteiger partial charge is 0.495 e. The quantitative estimate of drug-likeness (QED) is 0.862. The number of ether oxygens (including phenoxy) is 1. The number of carbonyl (C=O) groups is 1. The van der Waals surface area contributed by atoms with Crippen molar-refractivity contribution in [3.8, 4) is 5.75 Å². The van der Waals surface area contributed by atoms with Crippen molar-refractivity contribution in [1.82, 2.24) is 4.90 Å². The van der Waals surface area contributed by atoms with Gasteiger partial charge in [0.1, 0.15) is 5.75 Å². The van der Waals surface area contributed by atoms with Crippen LogP contribution in [0.25, 0.3) is 0 Å². The van der Waals surface area contributed by atoms with Gasteiger partial charge in [0.15, 0.2) is 0 Å².